The van der Waals surface area contributed by atoms with Crippen molar-refractivity contribution in [2.24, 2.45) is 0 Å². The van der Waals surface area contributed by atoms with Gasteiger partial charge in [-0.1, -0.05) is 11.8 Å². The Labute approximate surface area is 84.3 Å². The number of hydrogen-bond donors (Lipinski definition) is 0. The lowest BCUT2D eigenvalue weighted by atomic mass is 10.4. The summed E-state index contributed by atoms with van der Waals surface area (Å²) in [5.41, 5.74) is 1.77. The molecule has 0 radical (unpaired) electrons. The fraction of sp³-hybridized carbons (Fsp3) is 0.286. The second-order valence-corrected chi connectivity index (χ2v) is 3.65. The van der Waals surface area contributed by atoms with Gasteiger partial charge in [-0.2, -0.15) is 14.6 Å². The lowest BCUT2D eigenvalue weighted by Crippen LogP contribution is -1.97. The molecule has 0 aromatic carbocycles. The van der Waals surface area contributed by atoms with Crippen LogP contribution in [-0.4, -0.2) is 25.8 Å². The highest BCUT2D eigenvalue weighted by Crippen LogP contribution is 2.16. The minimum absolute atomic E-state index is 0.349. The maximum Gasteiger partial charge on any atom is 0.228 e. The third-order valence-electron chi connectivity index (χ3n) is 1.67. The van der Waals surface area contributed by atoms with Crippen molar-refractivity contribution in [3.8, 4) is 0 Å². The first-order valence-electron chi connectivity index (χ1n) is 3.64. The van der Waals surface area contributed by atoms with Crippen LogP contribution < -0.4 is 0 Å². The monoisotopic (exact) mass is 214 g/mol. The number of fused-ring (bicyclic) bond motifs is 1. The molecular formula is C7H7ClN4S. The molecule has 0 N–H and O–H groups in total. The average molecular weight is 215 g/mol. The minimum atomic E-state index is 0.349. The fourth-order valence-electron chi connectivity index (χ4n) is 1.03. The number of thioether (sulfide) groups is 1. The Kier molecular flexibility index (Phi) is 2.13. The van der Waals surface area contributed by atoms with Crippen LogP contribution in [0.1, 0.15) is 5.56 Å². The van der Waals surface area contributed by atoms with Crippen LogP contribution in [0.3, 0.4) is 0 Å². The van der Waals surface area contributed by atoms with Gasteiger partial charge in [0, 0.05) is 5.56 Å². The summed E-state index contributed by atoms with van der Waals surface area (Å²) in [6.07, 6.45) is 3.63. The number of rotatable bonds is 1. The summed E-state index contributed by atoms with van der Waals surface area (Å²) in [5.74, 6) is 0. The third kappa shape index (κ3) is 1.38. The fourth-order valence-corrected chi connectivity index (χ4v) is 1.64. The molecule has 0 fully saturated rings. The normalized spacial score (nSPS) is 11.0. The van der Waals surface area contributed by atoms with Crippen molar-refractivity contribution in [1.82, 2.24) is 19.6 Å². The Balaban J connectivity index is 2.80. The van der Waals surface area contributed by atoms with Gasteiger partial charge >= 0.3 is 0 Å². The quantitative estimate of drug-likeness (QED) is 0.680. The molecule has 0 saturated carbocycles. The average Bonchev–Trinajstić information content (AvgIpc) is 2.48. The zero-order valence-corrected chi connectivity index (χ0v) is 8.72. The van der Waals surface area contributed by atoms with E-state index in [0.717, 1.165) is 11.2 Å². The summed E-state index contributed by atoms with van der Waals surface area (Å²) < 4.78 is 1.52. The summed E-state index contributed by atoms with van der Waals surface area (Å²) in [4.78, 5) is 8.33. The van der Waals surface area contributed by atoms with E-state index in [2.05, 4.69) is 15.1 Å². The Bertz CT molecular complexity index is 453. The predicted octanol–water partition coefficient (Wildman–Crippen LogP) is 1.81. The Morgan fingerprint density at radius 3 is 2.92 bits per heavy atom. The van der Waals surface area contributed by atoms with Crippen LogP contribution in [0.15, 0.2) is 11.4 Å². The van der Waals surface area contributed by atoms with Gasteiger partial charge in [0.1, 0.15) is 0 Å². The van der Waals surface area contributed by atoms with E-state index in [0.29, 0.717) is 10.4 Å². The molecule has 13 heavy (non-hydrogen) atoms. The summed E-state index contributed by atoms with van der Waals surface area (Å²) in [7, 11) is 0. The van der Waals surface area contributed by atoms with Crippen molar-refractivity contribution >= 4 is 29.0 Å². The molecule has 2 aromatic rings. The van der Waals surface area contributed by atoms with Crippen molar-refractivity contribution in [3.63, 3.8) is 0 Å². The zero-order chi connectivity index (χ0) is 9.42. The molecule has 0 bridgehead atoms. The molecule has 2 aromatic heterocycles. The van der Waals surface area contributed by atoms with Crippen LogP contribution in [0.2, 0.25) is 5.28 Å². The van der Waals surface area contributed by atoms with Crippen molar-refractivity contribution in [3.05, 3.63) is 17.0 Å². The van der Waals surface area contributed by atoms with E-state index in [9.17, 15) is 0 Å². The van der Waals surface area contributed by atoms with E-state index < -0.39 is 0 Å². The van der Waals surface area contributed by atoms with Gasteiger partial charge in [0.15, 0.2) is 10.8 Å². The second-order valence-electron chi connectivity index (χ2n) is 2.54. The van der Waals surface area contributed by atoms with Gasteiger partial charge in [-0.25, -0.2) is 4.98 Å². The maximum absolute atomic E-state index is 5.89. The topological polar surface area (TPSA) is 43.1 Å². The standard InChI is InChI=1S/C7H7ClN4S/c1-4-3-9-12-5(4)10-7(13-2)11-6(12)8/h3H,1-2H3. The van der Waals surface area contributed by atoms with Gasteiger partial charge < -0.3 is 0 Å². The Morgan fingerprint density at radius 2 is 2.23 bits per heavy atom. The molecule has 2 rings (SSSR count). The summed E-state index contributed by atoms with van der Waals surface area (Å²) >= 11 is 7.35. The number of hydrogen-bond acceptors (Lipinski definition) is 4. The van der Waals surface area contributed by atoms with Crippen LogP contribution in [0.25, 0.3) is 5.65 Å². The molecule has 2 heterocycles. The highest BCUT2D eigenvalue weighted by Gasteiger charge is 2.07. The van der Waals surface area contributed by atoms with Crippen molar-refractivity contribution in [2.75, 3.05) is 6.26 Å². The predicted molar refractivity (Wildman–Crippen MR) is 52.3 cm³/mol. The highest BCUT2D eigenvalue weighted by atomic mass is 35.5. The number of aryl methyl sites for hydroxylation is 1. The van der Waals surface area contributed by atoms with Gasteiger partial charge in [0.05, 0.1) is 6.20 Å². The number of aromatic nitrogens is 4. The first kappa shape index (κ1) is 8.77. The lowest BCUT2D eigenvalue weighted by Gasteiger charge is -1.98. The highest BCUT2D eigenvalue weighted by molar-refractivity contribution is 7.98. The van der Waals surface area contributed by atoms with Crippen molar-refractivity contribution in [1.29, 1.82) is 0 Å². The summed E-state index contributed by atoms with van der Waals surface area (Å²) in [6.45, 7) is 1.94. The van der Waals surface area contributed by atoms with Gasteiger partial charge in [0.25, 0.3) is 0 Å². The van der Waals surface area contributed by atoms with Crippen LogP contribution in [-0.2, 0) is 0 Å². The largest absolute Gasteiger partial charge is 0.228 e. The molecule has 6 heteroatoms. The molecule has 0 atom stereocenters. The SMILES string of the molecule is CSc1nc(Cl)n2ncc(C)c2n1. The Hall–Kier alpha value is -0.810. The number of nitrogens with zero attached hydrogens (tertiary/aromatic N) is 4. The van der Waals surface area contributed by atoms with E-state index in [1.165, 1.54) is 16.3 Å². The van der Waals surface area contributed by atoms with Gasteiger partial charge in [-0.15, -0.1) is 0 Å². The molecule has 0 saturated heterocycles. The van der Waals surface area contributed by atoms with Crippen LogP contribution >= 0.6 is 23.4 Å². The van der Waals surface area contributed by atoms with E-state index in [1.807, 2.05) is 13.2 Å². The minimum Gasteiger partial charge on any atom is -0.203 e. The lowest BCUT2D eigenvalue weighted by molar-refractivity contribution is 0.835. The first-order chi connectivity index (χ1) is 6.22. The van der Waals surface area contributed by atoms with E-state index >= 15 is 0 Å². The molecule has 0 amide bonds. The third-order valence-corrected chi connectivity index (χ3v) is 2.46. The molecule has 0 aliphatic carbocycles. The van der Waals surface area contributed by atoms with Crippen molar-refractivity contribution < 1.29 is 0 Å². The van der Waals surface area contributed by atoms with Crippen LogP contribution in [0, 0.1) is 6.92 Å². The van der Waals surface area contributed by atoms with Crippen LogP contribution in [0.5, 0.6) is 0 Å². The van der Waals surface area contributed by atoms with E-state index in [-0.39, 0.29) is 0 Å². The maximum atomic E-state index is 5.89. The summed E-state index contributed by atoms with van der Waals surface area (Å²) in [5, 5.41) is 5.06. The van der Waals surface area contributed by atoms with Crippen LogP contribution in [0.4, 0.5) is 0 Å². The molecule has 0 unspecified atom stereocenters. The van der Waals surface area contributed by atoms with Gasteiger partial charge in [-0.3, -0.25) is 0 Å². The summed E-state index contributed by atoms with van der Waals surface area (Å²) in [6, 6.07) is 0. The molecular weight excluding hydrogens is 208 g/mol. The van der Waals surface area contributed by atoms with Crippen molar-refractivity contribution in [2.45, 2.75) is 12.1 Å². The second kappa shape index (κ2) is 3.16. The van der Waals surface area contributed by atoms with Gasteiger partial charge in [-0.05, 0) is 24.8 Å². The van der Waals surface area contributed by atoms with E-state index in [1.54, 1.807) is 6.20 Å². The zero-order valence-electron chi connectivity index (χ0n) is 7.15. The molecule has 4 nitrogen and oxygen atoms in total. The Morgan fingerprint density at radius 1 is 1.46 bits per heavy atom. The molecule has 0 aliphatic rings. The number of halogens is 1. The van der Waals surface area contributed by atoms with E-state index in [4.69, 9.17) is 11.6 Å². The molecule has 0 aliphatic heterocycles. The van der Waals surface area contributed by atoms with Gasteiger partial charge in [0.2, 0.25) is 5.28 Å². The smallest absolute Gasteiger partial charge is 0.203 e. The first-order valence-corrected chi connectivity index (χ1v) is 5.24. The molecule has 68 valence electrons. The molecule has 0 spiro atoms.